The van der Waals surface area contributed by atoms with Crippen LogP contribution in [-0.4, -0.2) is 13.1 Å². The van der Waals surface area contributed by atoms with Gasteiger partial charge in [-0.15, -0.1) is 0 Å². The lowest BCUT2D eigenvalue weighted by atomic mass is 10.0. The molecule has 0 fully saturated rings. The molecular formula is C15H10F4O2. The average molecular weight is 298 g/mol. The standard InChI is InChI=1S/C15H10F4O2/c1-7-3-9(16)13(10(17)4-7)8-5-11(18)14(12(19)6-8)15(20)21-2/h3-6H,1-2H3. The Balaban J connectivity index is 2.65. The second-order valence-electron chi connectivity index (χ2n) is 4.41. The van der Waals surface area contributed by atoms with Crippen LogP contribution in [0.5, 0.6) is 0 Å². The lowest BCUT2D eigenvalue weighted by Gasteiger charge is -2.09. The molecule has 0 aliphatic rings. The number of ether oxygens (including phenoxy) is 1. The first-order valence-corrected chi connectivity index (χ1v) is 5.88. The largest absolute Gasteiger partial charge is 0.465 e. The third-order valence-electron chi connectivity index (χ3n) is 2.91. The van der Waals surface area contributed by atoms with Gasteiger partial charge in [0, 0.05) is 0 Å². The molecule has 0 aliphatic heterocycles. The number of hydrogen-bond acceptors (Lipinski definition) is 2. The Morgan fingerprint density at radius 2 is 1.38 bits per heavy atom. The Kier molecular flexibility index (Phi) is 3.97. The van der Waals surface area contributed by atoms with Crippen LogP contribution in [0, 0.1) is 30.2 Å². The first kappa shape index (κ1) is 15.0. The molecule has 0 aliphatic carbocycles. The molecule has 0 heterocycles. The fraction of sp³-hybridized carbons (Fsp3) is 0.133. The Morgan fingerprint density at radius 1 is 0.905 bits per heavy atom. The fourth-order valence-electron chi connectivity index (χ4n) is 1.99. The summed E-state index contributed by atoms with van der Waals surface area (Å²) >= 11 is 0. The summed E-state index contributed by atoms with van der Waals surface area (Å²) in [5.41, 5.74) is -1.47. The summed E-state index contributed by atoms with van der Waals surface area (Å²) in [6.45, 7) is 1.48. The molecule has 0 saturated heterocycles. The van der Waals surface area contributed by atoms with Crippen molar-refractivity contribution in [3.8, 4) is 11.1 Å². The zero-order valence-corrected chi connectivity index (χ0v) is 11.1. The van der Waals surface area contributed by atoms with E-state index in [0.717, 1.165) is 19.2 Å². The first-order valence-electron chi connectivity index (χ1n) is 5.88. The number of hydrogen-bond donors (Lipinski definition) is 0. The van der Waals surface area contributed by atoms with Crippen molar-refractivity contribution in [1.29, 1.82) is 0 Å². The number of methoxy groups -OCH3 is 1. The molecule has 21 heavy (non-hydrogen) atoms. The highest BCUT2D eigenvalue weighted by atomic mass is 19.1. The van der Waals surface area contributed by atoms with Crippen molar-refractivity contribution in [3.05, 3.63) is 58.7 Å². The van der Waals surface area contributed by atoms with E-state index in [1.807, 2.05) is 0 Å². The summed E-state index contributed by atoms with van der Waals surface area (Å²) < 4.78 is 59.4. The average Bonchev–Trinajstić information content (AvgIpc) is 2.36. The highest BCUT2D eigenvalue weighted by molar-refractivity contribution is 5.90. The Hall–Kier alpha value is -2.37. The predicted molar refractivity (Wildman–Crippen MR) is 67.8 cm³/mol. The molecule has 2 nitrogen and oxygen atoms in total. The molecule has 2 rings (SSSR count). The van der Waals surface area contributed by atoms with Crippen molar-refractivity contribution < 1.29 is 27.1 Å². The Morgan fingerprint density at radius 3 is 1.81 bits per heavy atom. The topological polar surface area (TPSA) is 26.3 Å². The lowest BCUT2D eigenvalue weighted by molar-refractivity contribution is 0.0590. The molecule has 0 amide bonds. The van der Waals surface area contributed by atoms with E-state index >= 15 is 0 Å². The van der Waals surface area contributed by atoms with Crippen molar-refractivity contribution in [3.63, 3.8) is 0 Å². The van der Waals surface area contributed by atoms with Crippen molar-refractivity contribution in [1.82, 2.24) is 0 Å². The highest BCUT2D eigenvalue weighted by Gasteiger charge is 2.22. The maximum absolute atomic E-state index is 13.8. The Bertz CT molecular complexity index is 680. The zero-order valence-electron chi connectivity index (χ0n) is 11.1. The number of halogens is 4. The molecular weight excluding hydrogens is 288 g/mol. The highest BCUT2D eigenvalue weighted by Crippen LogP contribution is 2.30. The minimum Gasteiger partial charge on any atom is -0.465 e. The molecule has 0 bridgehead atoms. The summed E-state index contributed by atoms with van der Waals surface area (Å²) in [4.78, 5) is 11.2. The normalized spacial score (nSPS) is 10.6. The summed E-state index contributed by atoms with van der Waals surface area (Å²) in [7, 11) is 0.967. The van der Waals surface area contributed by atoms with Crippen molar-refractivity contribution in [2.75, 3.05) is 7.11 Å². The molecule has 110 valence electrons. The summed E-state index contributed by atoms with van der Waals surface area (Å²) in [6, 6.07) is 3.46. The van der Waals surface area contributed by atoms with E-state index in [2.05, 4.69) is 4.74 Å². The van der Waals surface area contributed by atoms with Gasteiger partial charge in [-0.1, -0.05) is 0 Å². The number of benzene rings is 2. The number of carbonyl (C=O) groups is 1. The second-order valence-corrected chi connectivity index (χ2v) is 4.41. The third-order valence-corrected chi connectivity index (χ3v) is 2.91. The predicted octanol–water partition coefficient (Wildman–Crippen LogP) is 4.01. The monoisotopic (exact) mass is 298 g/mol. The quantitative estimate of drug-likeness (QED) is 0.618. The van der Waals surface area contributed by atoms with Crippen LogP contribution >= 0.6 is 0 Å². The molecule has 0 unspecified atom stereocenters. The van der Waals surface area contributed by atoms with Gasteiger partial charge in [0.2, 0.25) is 0 Å². The third kappa shape index (κ3) is 2.74. The summed E-state index contributed by atoms with van der Waals surface area (Å²) in [6.07, 6.45) is 0. The molecule has 6 heteroatoms. The molecule has 0 saturated carbocycles. The van der Waals surface area contributed by atoms with E-state index in [9.17, 15) is 22.4 Å². The van der Waals surface area contributed by atoms with Crippen molar-refractivity contribution >= 4 is 5.97 Å². The summed E-state index contributed by atoms with van der Waals surface area (Å²) in [5.74, 6) is -5.61. The van der Waals surface area contributed by atoms with Gasteiger partial charge in [-0.3, -0.25) is 0 Å². The number of carbonyl (C=O) groups excluding carboxylic acids is 1. The van der Waals surface area contributed by atoms with Gasteiger partial charge in [0.05, 0.1) is 12.7 Å². The number of esters is 1. The Labute approximate surface area is 118 Å². The maximum atomic E-state index is 13.8. The van der Waals surface area contributed by atoms with Gasteiger partial charge in [0.15, 0.2) is 0 Å². The summed E-state index contributed by atoms with van der Waals surface area (Å²) in [5, 5.41) is 0. The first-order chi connectivity index (χ1) is 9.85. The van der Waals surface area contributed by atoms with Crippen LogP contribution in [-0.2, 0) is 4.74 Å². The van der Waals surface area contributed by atoms with Gasteiger partial charge >= 0.3 is 5.97 Å². The van der Waals surface area contributed by atoms with Gasteiger partial charge in [-0.05, 0) is 42.3 Å². The molecule has 0 N–H and O–H groups in total. The second kappa shape index (κ2) is 5.55. The van der Waals surface area contributed by atoms with E-state index in [1.165, 1.54) is 6.92 Å². The van der Waals surface area contributed by atoms with Crippen molar-refractivity contribution in [2.45, 2.75) is 6.92 Å². The van der Waals surface area contributed by atoms with Gasteiger partial charge in [-0.2, -0.15) is 0 Å². The molecule has 0 radical (unpaired) electrons. The molecule has 0 atom stereocenters. The zero-order chi connectivity index (χ0) is 15.7. The van der Waals surface area contributed by atoms with Gasteiger partial charge in [0.25, 0.3) is 0 Å². The molecule has 2 aromatic carbocycles. The maximum Gasteiger partial charge on any atom is 0.343 e. The minimum atomic E-state index is -1.25. The lowest BCUT2D eigenvalue weighted by Crippen LogP contribution is -2.08. The number of aryl methyl sites for hydroxylation is 1. The molecule has 2 aromatic rings. The van der Waals surface area contributed by atoms with Crippen molar-refractivity contribution in [2.24, 2.45) is 0 Å². The van der Waals surface area contributed by atoms with Crippen LogP contribution in [0.25, 0.3) is 11.1 Å². The minimum absolute atomic E-state index is 0.334. The van der Waals surface area contributed by atoms with Crippen LogP contribution in [0.2, 0.25) is 0 Å². The van der Waals surface area contributed by atoms with E-state index in [4.69, 9.17) is 0 Å². The smallest absolute Gasteiger partial charge is 0.343 e. The van der Waals surface area contributed by atoms with E-state index in [-0.39, 0.29) is 5.56 Å². The van der Waals surface area contributed by atoms with Crippen LogP contribution < -0.4 is 0 Å². The van der Waals surface area contributed by atoms with E-state index < -0.39 is 40.4 Å². The van der Waals surface area contributed by atoms with Gasteiger partial charge < -0.3 is 4.74 Å². The van der Waals surface area contributed by atoms with Gasteiger partial charge in [-0.25, -0.2) is 22.4 Å². The van der Waals surface area contributed by atoms with Crippen LogP contribution in [0.3, 0.4) is 0 Å². The van der Waals surface area contributed by atoms with E-state index in [1.54, 1.807) is 0 Å². The van der Waals surface area contributed by atoms with Crippen LogP contribution in [0.1, 0.15) is 15.9 Å². The molecule has 0 spiro atoms. The van der Waals surface area contributed by atoms with Crippen LogP contribution in [0.4, 0.5) is 17.6 Å². The van der Waals surface area contributed by atoms with Gasteiger partial charge in [0.1, 0.15) is 28.8 Å². The van der Waals surface area contributed by atoms with E-state index in [0.29, 0.717) is 17.7 Å². The number of rotatable bonds is 2. The SMILES string of the molecule is COC(=O)c1c(F)cc(-c2c(F)cc(C)cc2F)cc1F. The van der Waals surface area contributed by atoms with Crippen LogP contribution in [0.15, 0.2) is 24.3 Å². The fourth-order valence-corrected chi connectivity index (χ4v) is 1.99. The molecule has 0 aromatic heterocycles.